The zero-order valence-electron chi connectivity index (χ0n) is 15.2. The number of aryl methyl sites for hydroxylation is 1. The normalized spacial score (nSPS) is 17.3. The lowest BCUT2D eigenvalue weighted by atomic mass is 10.1. The van der Waals surface area contributed by atoms with E-state index in [-0.39, 0.29) is 30.3 Å². The smallest absolute Gasteiger partial charge is 0.263 e. The molecule has 3 rings (SSSR count). The Morgan fingerprint density at radius 2 is 2.15 bits per heavy atom. The van der Waals surface area contributed by atoms with Gasteiger partial charge in [0.15, 0.2) is 4.96 Å². The quantitative estimate of drug-likeness (QED) is 0.858. The number of likely N-dealkylation sites (N-methyl/N-ethyl adjacent to an activating group) is 1. The first kappa shape index (κ1) is 18.4. The van der Waals surface area contributed by atoms with Crippen LogP contribution >= 0.6 is 11.3 Å². The second-order valence-corrected chi connectivity index (χ2v) is 7.70. The van der Waals surface area contributed by atoms with Gasteiger partial charge in [-0.25, -0.2) is 4.98 Å². The van der Waals surface area contributed by atoms with Crippen LogP contribution < -0.4 is 5.32 Å². The molecule has 1 saturated heterocycles. The Balaban J connectivity index is 1.58. The molecule has 0 aromatic carbocycles. The van der Waals surface area contributed by atoms with Crippen molar-refractivity contribution < 1.29 is 14.4 Å². The fraction of sp³-hybridized carbons (Fsp3) is 0.529. The number of hydrogen-bond donors (Lipinski definition) is 1. The van der Waals surface area contributed by atoms with Gasteiger partial charge in [0.05, 0.1) is 12.2 Å². The average molecular weight is 377 g/mol. The van der Waals surface area contributed by atoms with Crippen LogP contribution in [-0.2, 0) is 9.59 Å². The molecule has 1 fully saturated rings. The summed E-state index contributed by atoms with van der Waals surface area (Å²) in [4.78, 5) is 45.0. The predicted molar refractivity (Wildman–Crippen MR) is 98.2 cm³/mol. The molecule has 0 radical (unpaired) electrons. The molecule has 1 atom stereocenters. The maximum atomic E-state index is 12.5. The first-order valence-electron chi connectivity index (χ1n) is 8.59. The standard InChI is InChI=1S/C17H23N5O3S/c1-11-7-22-9-14(26-17(22)18-11)16(25)19-13-5-4-6-21(8-13)15(24)10-20(3)12(2)23/h7,9,13H,4-6,8,10H2,1-3H3,(H,19,25)/t13-/m1/s1. The third-order valence-corrected chi connectivity index (χ3v) is 5.51. The number of piperidine rings is 1. The van der Waals surface area contributed by atoms with Crippen LogP contribution in [0.1, 0.15) is 35.1 Å². The summed E-state index contributed by atoms with van der Waals surface area (Å²) in [5, 5.41) is 3.02. The van der Waals surface area contributed by atoms with E-state index in [1.165, 1.54) is 23.2 Å². The molecule has 1 N–H and O–H groups in total. The van der Waals surface area contributed by atoms with Gasteiger partial charge in [0.25, 0.3) is 5.91 Å². The van der Waals surface area contributed by atoms with Crippen molar-refractivity contribution >= 4 is 34.0 Å². The molecule has 8 nitrogen and oxygen atoms in total. The molecule has 1 aliphatic rings. The highest BCUT2D eigenvalue weighted by molar-refractivity contribution is 7.18. The molecule has 0 spiro atoms. The fourth-order valence-electron chi connectivity index (χ4n) is 3.01. The van der Waals surface area contributed by atoms with Crippen LogP contribution in [0.15, 0.2) is 12.4 Å². The number of nitrogens with one attached hydrogen (secondary N) is 1. The Bertz CT molecular complexity index is 811. The highest BCUT2D eigenvalue weighted by Crippen LogP contribution is 2.19. The molecule has 2 aromatic heterocycles. The topological polar surface area (TPSA) is 87.0 Å². The van der Waals surface area contributed by atoms with E-state index in [0.717, 1.165) is 23.5 Å². The van der Waals surface area contributed by atoms with Gasteiger partial charge in [0, 0.05) is 45.5 Å². The van der Waals surface area contributed by atoms with E-state index in [0.29, 0.717) is 18.0 Å². The van der Waals surface area contributed by atoms with Gasteiger partial charge in [-0.1, -0.05) is 11.3 Å². The maximum Gasteiger partial charge on any atom is 0.263 e. The van der Waals surface area contributed by atoms with Crippen molar-refractivity contribution in [3.05, 3.63) is 23.0 Å². The third kappa shape index (κ3) is 4.04. The molecule has 0 saturated carbocycles. The molecule has 0 bridgehead atoms. The summed E-state index contributed by atoms with van der Waals surface area (Å²) in [6.07, 6.45) is 5.32. The lowest BCUT2D eigenvalue weighted by Crippen LogP contribution is -2.51. The maximum absolute atomic E-state index is 12.5. The van der Waals surface area contributed by atoms with Crippen LogP contribution in [0.4, 0.5) is 0 Å². The van der Waals surface area contributed by atoms with E-state index >= 15 is 0 Å². The highest BCUT2D eigenvalue weighted by atomic mass is 32.1. The minimum atomic E-state index is -0.141. The van der Waals surface area contributed by atoms with Crippen LogP contribution in [-0.4, -0.2) is 69.6 Å². The van der Waals surface area contributed by atoms with Gasteiger partial charge in [-0.3, -0.25) is 18.8 Å². The SMILES string of the molecule is CC(=O)N(C)CC(=O)N1CCC[C@@H](NC(=O)c2cn3cc(C)nc3s2)C1. The molecular formula is C17H23N5O3S. The summed E-state index contributed by atoms with van der Waals surface area (Å²) in [5.41, 5.74) is 0.917. The van der Waals surface area contributed by atoms with Crippen molar-refractivity contribution in [1.82, 2.24) is 24.5 Å². The average Bonchev–Trinajstić information content (AvgIpc) is 3.12. The van der Waals surface area contributed by atoms with Crippen molar-refractivity contribution in [2.45, 2.75) is 32.7 Å². The van der Waals surface area contributed by atoms with E-state index in [9.17, 15) is 14.4 Å². The Labute approximate surface area is 155 Å². The zero-order valence-corrected chi connectivity index (χ0v) is 16.0. The molecule has 140 valence electrons. The van der Waals surface area contributed by atoms with Crippen LogP contribution in [0.5, 0.6) is 0 Å². The molecule has 0 unspecified atom stereocenters. The van der Waals surface area contributed by atoms with Crippen LogP contribution in [0.2, 0.25) is 0 Å². The van der Waals surface area contributed by atoms with Crippen molar-refractivity contribution in [3.63, 3.8) is 0 Å². The number of carbonyl (C=O) groups excluding carboxylic acids is 3. The molecule has 0 aliphatic carbocycles. The summed E-state index contributed by atoms with van der Waals surface area (Å²) in [5.74, 6) is -0.372. The second kappa shape index (κ2) is 7.45. The number of hydrogen-bond acceptors (Lipinski definition) is 5. The van der Waals surface area contributed by atoms with E-state index in [2.05, 4.69) is 10.3 Å². The van der Waals surface area contributed by atoms with Gasteiger partial charge in [-0.05, 0) is 19.8 Å². The first-order chi connectivity index (χ1) is 12.3. The van der Waals surface area contributed by atoms with Gasteiger partial charge in [-0.2, -0.15) is 0 Å². The van der Waals surface area contributed by atoms with Crippen molar-refractivity contribution in [3.8, 4) is 0 Å². The summed E-state index contributed by atoms with van der Waals surface area (Å²) < 4.78 is 1.85. The second-order valence-electron chi connectivity index (χ2n) is 6.69. The van der Waals surface area contributed by atoms with E-state index in [1.807, 2.05) is 17.5 Å². The van der Waals surface area contributed by atoms with E-state index < -0.39 is 0 Å². The molecule has 3 heterocycles. The Hall–Kier alpha value is -2.42. The molecule has 2 aromatic rings. The minimum absolute atomic E-state index is 0.0669. The van der Waals surface area contributed by atoms with Crippen LogP contribution in [0.3, 0.4) is 0 Å². The number of carbonyl (C=O) groups is 3. The summed E-state index contributed by atoms with van der Waals surface area (Å²) in [6.45, 7) is 4.54. The Morgan fingerprint density at radius 1 is 1.38 bits per heavy atom. The molecule has 1 aliphatic heterocycles. The molecular weight excluding hydrogens is 354 g/mol. The molecule has 26 heavy (non-hydrogen) atoms. The third-order valence-electron chi connectivity index (χ3n) is 4.52. The van der Waals surface area contributed by atoms with Crippen molar-refractivity contribution in [2.75, 3.05) is 26.7 Å². The monoisotopic (exact) mass is 377 g/mol. The number of amides is 3. The number of thiazole rings is 1. The predicted octanol–water partition coefficient (Wildman–Crippen LogP) is 0.903. The lowest BCUT2D eigenvalue weighted by Gasteiger charge is -2.34. The zero-order chi connectivity index (χ0) is 18.8. The van der Waals surface area contributed by atoms with Gasteiger partial charge in [0.2, 0.25) is 11.8 Å². The molecule has 9 heteroatoms. The number of aromatic nitrogens is 2. The van der Waals surface area contributed by atoms with Gasteiger partial charge in [0.1, 0.15) is 4.88 Å². The van der Waals surface area contributed by atoms with Crippen molar-refractivity contribution in [2.24, 2.45) is 0 Å². The van der Waals surface area contributed by atoms with E-state index in [1.54, 1.807) is 18.1 Å². The Morgan fingerprint density at radius 3 is 2.85 bits per heavy atom. The summed E-state index contributed by atoms with van der Waals surface area (Å²) in [6, 6.07) is -0.0843. The largest absolute Gasteiger partial charge is 0.347 e. The van der Waals surface area contributed by atoms with Crippen molar-refractivity contribution in [1.29, 1.82) is 0 Å². The van der Waals surface area contributed by atoms with Gasteiger partial charge >= 0.3 is 0 Å². The molecule has 3 amide bonds. The van der Waals surface area contributed by atoms with Crippen LogP contribution in [0.25, 0.3) is 4.96 Å². The number of nitrogens with zero attached hydrogens (tertiary/aromatic N) is 4. The number of fused-ring (bicyclic) bond motifs is 1. The fourth-order valence-corrected chi connectivity index (χ4v) is 3.93. The highest BCUT2D eigenvalue weighted by Gasteiger charge is 2.26. The summed E-state index contributed by atoms with van der Waals surface area (Å²) >= 11 is 1.35. The van der Waals surface area contributed by atoms with Gasteiger partial charge in [-0.15, -0.1) is 0 Å². The minimum Gasteiger partial charge on any atom is -0.347 e. The van der Waals surface area contributed by atoms with Gasteiger partial charge < -0.3 is 15.1 Å². The number of imidazole rings is 1. The number of rotatable bonds is 4. The number of likely N-dealkylation sites (tertiary alicyclic amines) is 1. The summed E-state index contributed by atoms with van der Waals surface area (Å²) in [7, 11) is 1.61. The lowest BCUT2D eigenvalue weighted by molar-refractivity contribution is -0.139. The van der Waals surface area contributed by atoms with Crippen LogP contribution in [0, 0.1) is 6.92 Å². The Kier molecular flexibility index (Phi) is 5.26. The van der Waals surface area contributed by atoms with E-state index in [4.69, 9.17) is 0 Å². The first-order valence-corrected chi connectivity index (χ1v) is 9.40.